The quantitative estimate of drug-likeness (QED) is 0.589. The second-order valence-corrected chi connectivity index (χ2v) is 7.56. The first-order chi connectivity index (χ1) is 7.69. The molecule has 0 radical (unpaired) electrons. The van der Waals surface area contributed by atoms with Crippen LogP contribution in [-0.4, -0.2) is 0 Å². The van der Waals surface area contributed by atoms with E-state index in [1.54, 1.807) is 22.3 Å². The van der Waals surface area contributed by atoms with Gasteiger partial charge in [-0.25, -0.2) is 0 Å². The second-order valence-electron chi connectivity index (χ2n) is 3.83. The van der Waals surface area contributed by atoms with Gasteiger partial charge in [0.05, 0.1) is 0 Å². The molecule has 0 atom stereocenters. The van der Waals surface area contributed by atoms with Gasteiger partial charge in [-0.3, -0.25) is 0 Å². The van der Waals surface area contributed by atoms with E-state index in [1.165, 1.54) is 32.1 Å². The van der Waals surface area contributed by atoms with Gasteiger partial charge in [0, 0.05) is 0 Å². The molecule has 0 bridgehead atoms. The van der Waals surface area contributed by atoms with Gasteiger partial charge in [0.15, 0.2) is 0 Å². The van der Waals surface area contributed by atoms with Gasteiger partial charge >= 0.3 is 37.9 Å². The molecule has 16 heavy (non-hydrogen) atoms. The normalized spacial score (nSPS) is 15.1. The van der Waals surface area contributed by atoms with Crippen LogP contribution in [0.2, 0.25) is 0 Å². The van der Waals surface area contributed by atoms with Crippen LogP contribution in [0.3, 0.4) is 0 Å². The van der Waals surface area contributed by atoms with Gasteiger partial charge in [-0.1, -0.05) is 38.8 Å². The molecule has 92 valence electrons. The summed E-state index contributed by atoms with van der Waals surface area (Å²) in [7, 11) is 9.87. The van der Waals surface area contributed by atoms with Gasteiger partial charge in [-0.05, 0) is 43.3 Å². The summed E-state index contributed by atoms with van der Waals surface area (Å²) in [5.41, 5.74) is 6.77. The molecule has 0 N–H and O–H groups in total. The van der Waals surface area contributed by atoms with E-state index in [2.05, 4.69) is 27.7 Å². The molecule has 0 aliphatic heterocycles. The van der Waals surface area contributed by atoms with E-state index in [0.29, 0.717) is 0 Å². The number of allylic oxidation sites excluding steroid dienone is 4. The van der Waals surface area contributed by atoms with Crippen LogP contribution < -0.4 is 0 Å². The van der Waals surface area contributed by atoms with Crippen molar-refractivity contribution in [2.75, 3.05) is 0 Å². The fourth-order valence-corrected chi connectivity index (χ4v) is 2.50. The number of hydrogen-bond donors (Lipinski definition) is 0. The van der Waals surface area contributed by atoms with Crippen molar-refractivity contribution in [3.8, 4) is 0 Å². The molecule has 0 unspecified atom stereocenters. The maximum atomic E-state index is 4.93. The molecule has 0 aromatic carbocycles. The molecule has 1 aliphatic rings. The molecule has 1 aliphatic carbocycles. The summed E-state index contributed by atoms with van der Waals surface area (Å²) in [4.78, 5) is 0. The molecule has 0 aromatic heterocycles. The fraction of sp³-hybridized carbons (Fsp3) is 0.692. The standard InChI is InChI=1S/C13H22.2ClH.Zr/c1-5-10-9-11(6-2)13(8-4)12(10)7-3;;;/h5-9H2,1-4H3;2*1H;/q;;;+2/p-2. The topological polar surface area (TPSA) is 0 Å². The van der Waals surface area contributed by atoms with Gasteiger partial charge in [0.2, 0.25) is 0 Å². The van der Waals surface area contributed by atoms with E-state index in [0.717, 1.165) is 0 Å². The van der Waals surface area contributed by atoms with E-state index < -0.39 is 20.8 Å². The van der Waals surface area contributed by atoms with Crippen molar-refractivity contribution in [2.24, 2.45) is 0 Å². The van der Waals surface area contributed by atoms with Gasteiger partial charge in [-0.15, -0.1) is 0 Å². The molecule has 0 heterocycles. The minimum atomic E-state index is -0.826. The molecule has 1 rings (SSSR count). The molecule has 0 fully saturated rings. The Labute approximate surface area is 119 Å². The van der Waals surface area contributed by atoms with Gasteiger partial charge in [0.1, 0.15) is 0 Å². The second kappa shape index (κ2) is 9.92. The van der Waals surface area contributed by atoms with Crippen molar-refractivity contribution in [2.45, 2.75) is 59.8 Å². The third-order valence-corrected chi connectivity index (χ3v) is 3.21. The Morgan fingerprint density at radius 3 is 1.31 bits per heavy atom. The van der Waals surface area contributed by atoms with Gasteiger partial charge < -0.3 is 0 Å². The van der Waals surface area contributed by atoms with Crippen molar-refractivity contribution >= 4 is 17.0 Å². The van der Waals surface area contributed by atoms with Crippen LogP contribution in [0.15, 0.2) is 22.3 Å². The monoisotopic (exact) mass is 338 g/mol. The van der Waals surface area contributed by atoms with Crippen LogP contribution in [0.1, 0.15) is 59.8 Å². The third kappa shape index (κ3) is 4.67. The fourth-order valence-electron chi connectivity index (χ4n) is 2.50. The Hall–Kier alpha value is 0.943. The number of halogens is 2. The van der Waals surface area contributed by atoms with Crippen molar-refractivity contribution in [1.82, 2.24) is 0 Å². The molecule has 0 spiro atoms. The Kier molecular flexibility index (Phi) is 10.5. The summed E-state index contributed by atoms with van der Waals surface area (Å²) in [6, 6.07) is 0. The molecule has 0 aromatic rings. The minimum absolute atomic E-state index is 0.826. The zero-order chi connectivity index (χ0) is 12.6. The first kappa shape index (κ1) is 16.9. The van der Waals surface area contributed by atoms with Crippen molar-refractivity contribution in [1.29, 1.82) is 0 Å². The first-order valence-corrected chi connectivity index (χ1v) is 12.4. The predicted molar refractivity (Wildman–Crippen MR) is 71.5 cm³/mol. The summed E-state index contributed by atoms with van der Waals surface area (Å²) in [5.74, 6) is 0. The molecule has 0 nitrogen and oxygen atoms in total. The maximum absolute atomic E-state index is 4.93. The summed E-state index contributed by atoms with van der Waals surface area (Å²) >= 11 is -0.826. The van der Waals surface area contributed by atoms with E-state index in [9.17, 15) is 0 Å². The van der Waals surface area contributed by atoms with Crippen LogP contribution in [0.25, 0.3) is 0 Å². The third-order valence-electron chi connectivity index (χ3n) is 3.21. The van der Waals surface area contributed by atoms with Crippen molar-refractivity contribution < 1.29 is 20.8 Å². The van der Waals surface area contributed by atoms with E-state index in [4.69, 9.17) is 17.0 Å². The average Bonchev–Trinajstić information content (AvgIpc) is 2.66. The molecule has 3 heteroatoms. The SMILES string of the molecule is CCC1=C(CC)C(CC)=C(CC)C1.[Cl][Zr][Cl]. The number of rotatable bonds is 4. The van der Waals surface area contributed by atoms with Crippen molar-refractivity contribution in [3.63, 3.8) is 0 Å². The summed E-state index contributed by atoms with van der Waals surface area (Å²) in [6.45, 7) is 9.16. The predicted octanol–water partition coefficient (Wildman–Crippen LogP) is 6.00. The van der Waals surface area contributed by atoms with Crippen molar-refractivity contribution in [3.05, 3.63) is 22.3 Å². The molecular formula is C13H22Cl2Zr. The van der Waals surface area contributed by atoms with E-state index >= 15 is 0 Å². The summed E-state index contributed by atoms with van der Waals surface area (Å²) in [5, 5.41) is 0. The van der Waals surface area contributed by atoms with Crippen LogP contribution in [-0.2, 0) is 20.8 Å². The van der Waals surface area contributed by atoms with Crippen LogP contribution >= 0.6 is 17.0 Å². The van der Waals surface area contributed by atoms with Crippen LogP contribution in [0.5, 0.6) is 0 Å². The molecule has 0 saturated heterocycles. The van der Waals surface area contributed by atoms with E-state index in [-0.39, 0.29) is 0 Å². The molecule has 0 saturated carbocycles. The first-order valence-electron chi connectivity index (χ1n) is 6.08. The Balaban J connectivity index is 0.000000673. The van der Waals surface area contributed by atoms with Crippen LogP contribution in [0, 0.1) is 0 Å². The molecular weight excluding hydrogens is 318 g/mol. The van der Waals surface area contributed by atoms with Gasteiger partial charge in [-0.2, -0.15) is 0 Å². The average molecular weight is 340 g/mol. The summed E-state index contributed by atoms with van der Waals surface area (Å²) < 4.78 is 0. The van der Waals surface area contributed by atoms with E-state index in [1.807, 2.05) is 0 Å². The number of hydrogen-bond acceptors (Lipinski definition) is 0. The molecule has 0 amide bonds. The van der Waals surface area contributed by atoms with Crippen LogP contribution in [0.4, 0.5) is 0 Å². The Bertz CT molecular complexity index is 241. The summed E-state index contributed by atoms with van der Waals surface area (Å²) in [6.07, 6.45) is 6.23. The Morgan fingerprint density at radius 2 is 1.12 bits per heavy atom. The Morgan fingerprint density at radius 1 is 0.812 bits per heavy atom. The van der Waals surface area contributed by atoms with Gasteiger partial charge in [0.25, 0.3) is 0 Å². The zero-order valence-corrected chi connectivity index (χ0v) is 14.8. The zero-order valence-electron chi connectivity index (χ0n) is 10.8.